The number of aromatic nitrogens is 4. The maximum atomic E-state index is 12.2. The van der Waals surface area contributed by atoms with E-state index in [0.717, 1.165) is 25.7 Å². The average molecular weight is 459 g/mol. The minimum absolute atomic E-state index is 0.221. The fourth-order valence-electron chi connectivity index (χ4n) is 2.35. The van der Waals surface area contributed by atoms with Crippen molar-refractivity contribution in [2.24, 2.45) is 0 Å². The normalized spacial score (nSPS) is 10.7. The molecule has 0 saturated carbocycles. The molecular weight excluding hydrogens is 448 g/mol. The summed E-state index contributed by atoms with van der Waals surface area (Å²) in [6.07, 6.45) is 1.56. The number of nitrogens with one attached hydrogen (secondary N) is 2. The first-order valence-electron chi connectivity index (χ1n) is 7.74. The van der Waals surface area contributed by atoms with Gasteiger partial charge in [0, 0.05) is 21.3 Å². The Bertz CT molecular complexity index is 1110. The molecule has 10 heteroatoms. The van der Waals surface area contributed by atoms with Gasteiger partial charge < -0.3 is 5.32 Å². The molecule has 134 valence electrons. The molecule has 0 aliphatic rings. The van der Waals surface area contributed by atoms with Crippen LogP contribution in [0.3, 0.4) is 0 Å². The Hall–Kier alpha value is -2.69. The molecule has 2 aromatic carbocycles. The Labute approximate surface area is 171 Å². The van der Waals surface area contributed by atoms with Crippen molar-refractivity contribution in [2.75, 3.05) is 5.32 Å². The highest BCUT2D eigenvalue weighted by Crippen LogP contribution is 2.26. The standard InChI is InChI=1S/C17H11BrN6OS2/c18-12-6-4-10(5-7-12)14(25)21-16(26)20-13-3-1-2-11(8-13)15-23-24-9-19-22-17(24)27-15/h1-9H,(H2,20,21,25,26). The fourth-order valence-corrected chi connectivity index (χ4v) is 3.64. The first-order valence-corrected chi connectivity index (χ1v) is 9.75. The van der Waals surface area contributed by atoms with Crippen molar-refractivity contribution in [3.05, 3.63) is 64.9 Å². The van der Waals surface area contributed by atoms with Crippen LogP contribution >= 0.6 is 39.5 Å². The van der Waals surface area contributed by atoms with Gasteiger partial charge in [0.25, 0.3) is 5.91 Å². The second-order valence-electron chi connectivity index (χ2n) is 5.46. The lowest BCUT2D eigenvalue weighted by molar-refractivity contribution is 0.0977. The van der Waals surface area contributed by atoms with E-state index in [4.69, 9.17) is 12.2 Å². The zero-order valence-corrected chi connectivity index (χ0v) is 16.8. The quantitative estimate of drug-likeness (QED) is 0.454. The van der Waals surface area contributed by atoms with E-state index in [1.807, 2.05) is 24.3 Å². The lowest BCUT2D eigenvalue weighted by Crippen LogP contribution is -2.34. The molecule has 0 bridgehead atoms. The molecule has 0 spiro atoms. The summed E-state index contributed by atoms with van der Waals surface area (Å²) in [6, 6.07) is 14.6. The Balaban J connectivity index is 1.46. The Morgan fingerprint density at radius 3 is 2.78 bits per heavy atom. The second-order valence-corrected chi connectivity index (χ2v) is 7.74. The lowest BCUT2D eigenvalue weighted by Gasteiger charge is -2.10. The van der Waals surface area contributed by atoms with Gasteiger partial charge in [0.2, 0.25) is 4.96 Å². The van der Waals surface area contributed by atoms with Crippen LogP contribution in [0.2, 0.25) is 0 Å². The maximum absolute atomic E-state index is 12.2. The van der Waals surface area contributed by atoms with Crippen molar-refractivity contribution in [1.82, 2.24) is 25.1 Å². The van der Waals surface area contributed by atoms with E-state index in [-0.39, 0.29) is 11.0 Å². The summed E-state index contributed by atoms with van der Waals surface area (Å²) >= 11 is 10.0. The Morgan fingerprint density at radius 1 is 1.19 bits per heavy atom. The molecule has 1 amide bonds. The van der Waals surface area contributed by atoms with Crippen LogP contribution in [0.4, 0.5) is 5.69 Å². The molecule has 0 aliphatic carbocycles. The highest BCUT2D eigenvalue weighted by molar-refractivity contribution is 9.10. The minimum Gasteiger partial charge on any atom is -0.332 e. The molecule has 0 saturated heterocycles. The largest absolute Gasteiger partial charge is 0.332 e. The summed E-state index contributed by atoms with van der Waals surface area (Å²) in [5.74, 6) is -0.273. The van der Waals surface area contributed by atoms with Crippen molar-refractivity contribution in [1.29, 1.82) is 0 Å². The first-order chi connectivity index (χ1) is 13.1. The summed E-state index contributed by atoms with van der Waals surface area (Å²) in [4.78, 5) is 13.0. The van der Waals surface area contributed by atoms with Gasteiger partial charge in [-0.2, -0.15) is 9.61 Å². The van der Waals surface area contributed by atoms with Crippen molar-refractivity contribution in [2.45, 2.75) is 0 Å². The number of carbonyl (C=O) groups is 1. The third-order valence-corrected chi connectivity index (χ3v) is 5.28. The average Bonchev–Trinajstić information content (AvgIpc) is 3.24. The summed E-state index contributed by atoms with van der Waals surface area (Å²) in [5.41, 5.74) is 2.19. The number of amides is 1. The van der Waals surface area contributed by atoms with Gasteiger partial charge in [-0.1, -0.05) is 39.4 Å². The molecular formula is C17H11BrN6OS2. The third kappa shape index (κ3) is 4.02. The van der Waals surface area contributed by atoms with Gasteiger partial charge >= 0.3 is 0 Å². The van der Waals surface area contributed by atoms with Crippen LogP contribution in [0, 0.1) is 0 Å². The zero-order valence-electron chi connectivity index (χ0n) is 13.6. The fraction of sp³-hybridized carbons (Fsp3) is 0. The topological polar surface area (TPSA) is 84.2 Å². The SMILES string of the molecule is O=C(NC(=S)Nc1cccc(-c2nn3cnnc3s2)c1)c1ccc(Br)cc1. The van der Waals surface area contributed by atoms with Crippen molar-refractivity contribution < 1.29 is 4.79 Å². The molecule has 7 nitrogen and oxygen atoms in total. The first kappa shape index (κ1) is 17.7. The molecule has 0 radical (unpaired) electrons. The number of halogens is 1. The summed E-state index contributed by atoms with van der Waals surface area (Å²) in [7, 11) is 0. The highest BCUT2D eigenvalue weighted by Gasteiger charge is 2.10. The molecule has 2 N–H and O–H groups in total. The molecule has 2 aromatic heterocycles. The molecule has 0 unspecified atom stereocenters. The predicted molar refractivity (Wildman–Crippen MR) is 112 cm³/mol. The minimum atomic E-state index is -0.273. The molecule has 4 rings (SSSR count). The van der Waals surface area contributed by atoms with Crippen LogP contribution in [-0.2, 0) is 0 Å². The van der Waals surface area contributed by atoms with Crippen LogP contribution in [0.1, 0.15) is 10.4 Å². The second kappa shape index (κ2) is 7.51. The summed E-state index contributed by atoms with van der Waals surface area (Å²) < 4.78 is 2.53. The predicted octanol–water partition coefficient (Wildman–Crippen LogP) is 3.74. The van der Waals surface area contributed by atoms with Gasteiger partial charge in [-0.3, -0.25) is 10.1 Å². The van der Waals surface area contributed by atoms with E-state index < -0.39 is 0 Å². The van der Waals surface area contributed by atoms with Gasteiger partial charge in [-0.15, -0.1) is 10.2 Å². The number of benzene rings is 2. The molecule has 4 aromatic rings. The Kier molecular flexibility index (Phi) is 4.92. The van der Waals surface area contributed by atoms with E-state index in [1.165, 1.54) is 11.3 Å². The van der Waals surface area contributed by atoms with Crippen molar-refractivity contribution in [3.63, 3.8) is 0 Å². The lowest BCUT2D eigenvalue weighted by atomic mass is 10.2. The van der Waals surface area contributed by atoms with E-state index in [0.29, 0.717) is 5.56 Å². The van der Waals surface area contributed by atoms with Crippen LogP contribution in [0.15, 0.2) is 59.3 Å². The number of fused-ring (bicyclic) bond motifs is 1. The number of anilines is 1. The monoisotopic (exact) mass is 458 g/mol. The molecule has 0 fully saturated rings. The number of rotatable bonds is 3. The van der Waals surface area contributed by atoms with Crippen molar-refractivity contribution >= 4 is 61.2 Å². The van der Waals surface area contributed by atoms with Gasteiger partial charge in [-0.05, 0) is 48.6 Å². The number of hydrogen-bond acceptors (Lipinski definition) is 6. The highest BCUT2D eigenvalue weighted by atomic mass is 79.9. The van der Waals surface area contributed by atoms with Crippen LogP contribution in [-0.4, -0.2) is 30.8 Å². The zero-order chi connectivity index (χ0) is 18.8. The summed E-state index contributed by atoms with van der Waals surface area (Å²) in [5, 5.41) is 18.9. The third-order valence-electron chi connectivity index (χ3n) is 3.59. The Morgan fingerprint density at radius 2 is 2.00 bits per heavy atom. The number of carbonyl (C=O) groups excluding carboxylic acids is 1. The van der Waals surface area contributed by atoms with E-state index in [1.54, 1.807) is 35.1 Å². The van der Waals surface area contributed by atoms with Crippen LogP contribution in [0.25, 0.3) is 15.5 Å². The maximum Gasteiger partial charge on any atom is 0.257 e. The summed E-state index contributed by atoms with van der Waals surface area (Å²) in [6.45, 7) is 0. The molecule has 27 heavy (non-hydrogen) atoms. The van der Waals surface area contributed by atoms with Gasteiger partial charge in [-0.25, -0.2) is 0 Å². The van der Waals surface area contributed by atoms with E-state index in [2.05, 4.69) is 41.9 Å². The molecule has 2 heterocycles. The van der Waals surface area contributed by atoms with E-state index in [9.17, 15) is 4.79 Å². The number of thiocarbonyl (C=S) groups is 1. The van der Waals surface area contributed by atoms with Gasteiger partial charge in [0.1, 0.15) is 11.3 Å². The van der Waals surface area contributed by atoms with E-state index >= 15 is 0 Å². The number of hydrogen-bond donors (Lipinski definition) is 2. The van der Waals surface area contributed by atoms with Gasteiger partial charge in [0.15, 0.2) is 5.11 Å². The van der Waals surface area contributed by atoms with Crippen molar-refractivity contribution in [3.8, 4) is 10.6 Å². The smallest absolute Gasteiger partial charge is 0.257 e. The van der Waals surface area contributed by atoms with Crippen LogP contribution < -0.4 is 10.6 Å². The number of nitrogens with zero attached hydrogens (tertiary/aromatic N) is 4. The molecule has 0 atom stereocenters. The van der Waals surface area contributed by atoms with Gasteiger partial charge in [0.05, 0.1) is 0 Å². The van der Waals surface area contributed by atoms with Crippen LogP contribution in [0.5, 0.6) is 0 Å². The molecule has 0 aliphatic heterocycles.